The van der Waals surface area contributed by atoms with Crippen molar-refractivity contribution in [2.45, 2.75) is 30.5 Å². The van der Waals surface area contributed by atoms with Gasteiger partial charge in [0.2, 0.25) is 5.91 Å². The number of carbonyl (C=O) groups is 2. The van der Waals surface area contributed by atoms with Crippen molar-refractivity contribution >= 4 is 29.4 Å². The molecule has 1 fully saturated rings. The van der Waals surface area contributed by atoms with E-state index in [4.69, 9.17) is 4.42 Å². The van der Waals surface area contributed by atoms with Crippen LogP contribution in [0.15, 0.2) is 58.3 Å². The maximum atomic E-state index is 12.1. The number of hydrogen-bond donors (Lipinski definition) is 2. The van der Waals surface area contributed by atoms with Crippen molar-refractivity contribution < 1.29 is 14.0 Å². The first-order valence-corrected chi connectivity index (χ1v) is 9.92. The quantitative estimate of drug-likeness (QED) is 0.594. The number of amides is 3. The Morgan fingerprint density at radius 2 is 1.96 bits per heavy atom. The molecule has 0 spiro atoms. The minimum absolute atomic E-state index is 0.0587. The lowest BCUT2D eigenvalue weighted by atomic mass is 10.3. The second-order valence-corrected chi connectivity index (χ2v) is 7.38. The Labute approximate surface area is 165 Å². The summed E-state index contributed by atoms with van der Waals surface area (Å²) in [6.45, 7) is 0.518. The second-order valence-electron chi connectivity index (χ2n) is 6.44. The number of furan rings is 1. The van der Waals surface area contributed by atoms with Crippen LogP contribution in [0.5, 0.6) is 0 Å². The van der Waals surface area contributed by atoms with E-state index in [2.05, 4.69) is 20.8 Å². The van der Waals surface area contributed by atoms with Crippen LogP contribution in [0.4, 0.5) is 10.5 Å². The standard InChI is InChI=1S/C19H19N5O3S/c25-16(21-18(26)20-14-5-2-1-3-6-14)12-28-19-23-22-17(13-8-9-13)24(19)11-15-7-4-10-27-15/h1-7,10,13H,8-9,11-12H2,(H2,20,21,25,26). The molecule has 1 aliphatic rings. The first-order valence-electron chi connectivity index (χ1n) is 8.93. The molecule has 2 heterocycles. The van der Waals surface area contributed by atoms with Crippen molar-refractivity contribution in [3.63, 3.8) is 0 Å². The van der Waals surface area contributed by atoms with Crippen LogP contribution in [0.1, 0.15) is 30.3 Å². The highest BCUT2D eigenvalue weighted by Crippen LogP contribution is 2.40. The Hall–Kier alpha value is -3.07. The number of nitrogens with zero attached hydrogens (tertiary/aromatic N) is 3. The molecule has 9 heteroatoms. The summed E-state index contributed by atoms with van der Waals surface area (Å²) in [6, 6.07) is 12.1. The van der Waals surface area contributed by atoms with Gasteiger partial charge in [-0.3, -0.25) is 14.7 Å². The fourth-order valence-electron chi connectivity index (χ4n) is 2.73. The minimum Gasteiger partial charge on any atom is -0.467 e. The Bertz CT molecular complexity index is 951. The van der Waals surface area contributed by atoms with Crippen LogP contribution in [0.2, 0.25) is 0 Å². The Balaban J connectivity index is 1.35. The highest BCUT2D eigenvalue weighted by molar-refractivity contribution is 7.99. The van der Waals surface area contributed by atoms with Gasteiger partial charge in [-0.15, -0.1) is 10.2 Å². The molecule has 0 unspecified atom stereocenters. The molecular formula is C19H19N5O3S. The van der Waals surface area contributed by atoms with E-state index in [0.717, 1.165) is 24.4 Å². The van der Waals surface area contributed by atoms with Gasteiger partial charge >= 0.3 is 6.03 Å². The van der Waals surface area contributed by atoms with Crippen molar-refractivity contribution in [1.29, 1.82) is 0 Å². The molecule has 3 aromatic rings. The summed E-state index contributed by atoms with van der Waals surface area (Å²) in [5.74, 6) is 1.79. The van der Waals surface area contributed by atoms with Gasteiger partial charge in [0.15, 0.2) is 5.16 Å². The third-order valence-corrected chi connectivity index (χ3v) is 5.17. The van der Waals surface area contributed by atoms with E-state index in [1.807, 2.05) is 22.8 Å². The number of rotatable bonds is 7. The number of carbonyl (C=O) groups excluding carboxylic acids is 2. The molecule has 8 nitrogen and oxygen atoms in total. The molecular weight excluding hydrogens is 378 g/mol. The number of hydrogen-bond acceptors (Lipinski definition) is 6. The molecule has 1 aliphatic carbocycles. The molecule has 0 saturated heterocycles. The SMILES string of the molecule is O=C(CSc1nnc(C2CC2)n1Cc1ccco1)NC(=O)Nc1ccccc1. The monoisotopic (exact) mass is 397 g/mol. The fourth-order valence-corrected chi connectivity index (χ4v) is 3.48. The Morgan fingerprint density at radius 3 is 2.68 bits per heavy atom. The van der Waals surface area contributed by atoms with Crippen LogP contribution in [-0.2, 0) is 11.3 Å². The van der Waals surface area contributed by atoms with Crippen LogP contribution < -0.4 is 10.6 Å². The van der Waals surface area contributed by atoms with Crippen LogP contribution in [0.3, 0.4) is 0 Å². The molecule has 3 amide bonds. The topological polar surface area (TPSA) is 102 Å². The number of aromatic nitrogens is 3. The first kappa shape index (κ1) is 18.3. The van der Waals surface area contributed by atoms with E-state index in [0.29, 0.717) is 23.3 Å². The van der Waals surface area contributed by atoms with Crippen LogP contribution in [0.25, 0.3) is 0 Å². The highest BCUT2D eigenvalue weighted by atomic mass is 32.2. The minimum atomic E-state index is -0.562. The zero-order chi connectivity index (χ0) is 19.3. The molecule has 4 rings (SSSR count). The largest absolute Gasteiger partial charge is 0.467 e. The molecule has 0 radical (unpaired) electrons. The average Bonchev–Trinajstić information content (AvgIpc) is 3.25. The van der Waals surface area contributed by atoms with Gasteiger partial charge in [-0.05, 0) is 37.1 Å². The molecule has 0 atom stereocenters. The average molecular weight is 397 g/mol. The lowest BCUT2D eigenvalue weighted by molar-refractivity contribution is -0.117. The van der Waals surface area contributed by atoms with Gasteiger partial charge < -0.3 is 9.73 Å². The molecule has 0 bridgehead atoms. The van der Waals surface area contributed by atoms with Crippen LogP contribution in [0, 0.1) is 0 Å². The lowest BCUT2D eigenvalue weighted by Crippen LogP contribution is -2.35. The lowest BCUT2D eigenvalue weighted by Gasteiger charge is -2.09. The Kier molecular flexibility index (Phi) is 5.43. The molecule has 2 N–H and O–H groups in total. The van der Waals surface area contributed by atoms with Gasteiger partial charge in [-0.25, -0.2) is 4.79 Å². The molecule has 28 heavy (non-hydrogen) atoms. The van der Waals surface area contributed by atoms with Crippen molar-refractivity contribution in [3.8, 4) is 0 Å². The van der Waals surface area contributed by atoms with E-state index in [-0.39, 0.29) is 5.75 Å². The molecule has 144 valence electrons. The summed E-state index contributed by atoms with van der Waals surface area (Å²) in [4.78, 5) is 24.0. The van der Waals surface area contributed by atoms with Gasteiger partial charge in [0.25, 0.3) is 0 Å². The second kappa shape index (κ2) is 8.30. The van der Waals surface area contributed by atoms with E-state index in [1.54, 1.807) is 30.5 Å². The summed E-state index contributed by atoms with van der Waals surface area (Å²) in [5, 5.41) is 14.1. The van der Waals surface area contributed by atoms with Crippen molar-refractivity contribution in [2.75, 3.05) is 11.1 Å². The van der Waals surface area contributed by atoms with Gasteiger partial charge in [0, 0.05) is 11.6 Å². The summed E-state index contributed by atoms with van der Waals surface area (Å²) in [7, 11) is 0. The predicted octanol–water partition coefficient (Wildman–Crippen LogP) is 3.24. The third kappa shape index (κ3) is 4.61. The van der Waals surface area contributed by atoms with E-state index < -0.39 is 11.9 Å². The maximum Gasteiger partial charge on any atom is 0.325 e. The van der Waals surface area contributed by atoms with Crippen molar-refractivity contribution in [1.82, 2.24) is 20.1 Å². The number of para-hydroxylation sites is 1. The number of urea groups is 1. The summed E-state index contributed by atoms with van der Waals surface area (Å²) >= 11 is 1.25. The Morgan fingerprint density at radius 1 is 1.14 bits per heavy atom. The normalized spacial score (nSPS) is 13.3. The highest BCUT2D eigenvalue weighted by Gasteiger charge is 2.30. The van der Waals surface area contributed by atoms with E-state index in [1.165, 1.54) is 11.8 Å². The van der Waals surface area contributed by atoms with E-state index in [9.17, 15) is 9.59 Å². The summed E-state index contributed by atoms with van der Waals surface area (Å²) in [5.41, 5.74) is 0.618. The zero-order valence-electron chi connectivity index (χ0n) is 15.0. The number of benzene rings is 1. The number of imide groups is 1. The summed E-state index contributed by atoms with van der Waals surface area (Å²) in [6.07, 6.45) is 3.82. The fraction of sp³-hybridized carbons (Fsp3) is 0.263. The van der Waals surface area contributed by atoms with Gasteiger partial charge in [-0.2, -0.15) is 0 Å². The molecule has 1 saturated carbocycles. The smallest absolute Gasteiger partial charge is 0.325 e. The van der Waals surface area contributed by atoms with E-state index >= 15 is 0 Å². The number of anilines is 1. The molecule has 0 aliphatic heterocycles. The number of thioether (sulfide) groups is 1. The van der Waals surface area contributed by atoms with Gasteiger partial charge in [0.1, 0.15) is 11.6 Å². The van der Waals surface area contributed by atoms with Crippen molar-refractivity contribution in [2.24, 2.45) is 0 Å². The molecule has 2 aromatic heterocycles. The number of nitrogens with one attached hydrogen (secondary N) is 2. The zero-order valence-corrected chi connectivity index (χ0v) is 15.8. The predicted molar refractivity (Wildman–Crippen MR) is 104 cm³/mol. The molecule has 1 aromatic carbocycles. The van der Waals surface area contributed by atoms with Crippen LogP contribution in [-0.4, -0.2) is 32.5 Å². The van der Waals surface area contributed by atoms with Gasteiger partial charge in [-0.1, -0.05) is 30.0 Å². The van der Waals surface area contributed by atoms with Gasteiger partial charge in [0.05, 0.1) is 18.6 Å². The summed E-state index contributed by atoms with van der Waals surface area (Å²) < 4.78 is 7.42. The first-order chi connectivity index (χ1) is 13.7. The van der Waals surface area contributed by atoms with Crippen molar-refractivity contribution in [3.05, 3.63) is 60.3 Å². The third-order valence-electron chi connectivity index (χ3n) is 4.20. The maximum absolute atomic E-state index is 12.1. The van der Waals surface area contributed by atoms with Crippen LogP contribution >= 0.6 is 11.8 Å².